The molecule has 13 heavy (non-hydrogen) atoms. The monoisotopic (exact) mass is 211 g/mol. The molecule has 1 saturated heterocycles. The van der Waals surface area contributed by atoms with Crippen LogP contribution in [0.2, 0.25) is 0 Å². The smallest absolute Gasteiger partial charge is 0.407 e. The van der Waals surface area contributed by atoms with Crippen LogP contribution in [0.3, 0.4) is 0 Å². The highest BCUT2D eigenvalue weighted by Crippen LogP contribution is 1.93. The van der Waals surface area contributed by atoms with Gasteiger partial charge in [-0.05, 0) is 12.8 Å². The van der Waals surface area contributed by atoms with E-state index in [9.17, 15) is 13.2 Å². The number of cyclic esters (lactones) is 1. The summed E-state index contributed by atoms with van der Waals surface area (Å²) < 4.78 is 30.5. The van der Waals surface area contributed by atoms with Crippen molar-refractivity contribution in [1.82, 2.24) is 5.32 Å². The molecular formula is C6H13NO5S. The van der Waals surface area contributed by atoms with E-state index in [1.54, 1.807) is 0 Å². The van der Waals surface area contributed by atoms with Crippen LogP contribution in [0.15, 0.2) is 0 Å². The van der Waals surface area contributed by atoms with E-state index in [4.69, 9.17) is 4.55 Å². The number of alkyl carbamates (subject to hydrolysis) is 1. The van der Waals surface area contributed by atoms with E-state index < -0.39 is 10.1 Å². The number of ether oxygens (including phenoxy) is 1. The van der Waals surface area contributed by atoms with Crippen molar-refractivity contribution in [3.8, 4) is 0 Å². The molecule has 6 nitrogen and oxygen atoms in total. The van der Waals surface area contributed by atoms with E-state index >= 15 is 0 Å². The maximum absolute atomic E-state index is 10.3. The fourth-order valence-electron chi connectivity index (χ4n) is 0.633. The average molecular weight is 211 g/mol. The molecule has 1 fully saturated rings. The van der Waals surface area contributed by atoms with Crippen molar-refractivity contribution in [2.45, 2.75) is 12.8 Å². The molecule has 1 aliphatic rings. The van der Waals surface area contributed by atoms with Crippen molar-refractivity contribution in [2.24, 2.45) is 0 Å². The van der Waals surface area contributed by atoms with Crippen molar-refractivity contribution in [1.29, 1.82) is 0 Å². The molecule has 0 aromatic heterocycles. The normalized spacial score (nSPS) is 17.2. The second-order valence-electron chi connectivity index (χ2n) is 2.50. The largest absolute Gasteiger partial charge is 0.450 e. The fourth-order valence-corrected chi connectivity index (χ4v) is 0.633. The zero-order valence-corrected chi connectivity index (χ0v) is 8.13. The van der Waals surface area contributed by atoms with Crippen LogP contribution in [-0.2, 0) is 14.9 Å². The Morgan fingerprint density at radius 2 is 2.00 bits per heavy atom. The molecule has 0 aromatic rings. The Hall–Kier alpha value is -0.820. The minimum atomic E-state index is -3.67. The Kier molecular flexibility index (Phi) is 5.40. The lowest BCUT2D eigenvalue weighted by molar-refractivity contribution is 0.153. The van der Waals surface area contributed by atoms with Gasteiger partial charge in [-0.2, -0.15) is 8.42 Å². The third-order valence-electron chi connectivity index (χ3n) is 1.07. The summed E-state index contributed by atoms with van der Waals surface area (Å²) in [7, 11) is -3.67. The lowest BCUT2D eigenvalue weighted by atomic mass is 10.3. The van der Waals surface area contributed by atoms with Crippen molar-refractivity contribution in [3.05, 3.63) is 0 Å². The molecule has 0 saturated carbocycles. The van der Waals surface area contributed by atoms with Crippen LogP contribution >= 0.6 is 0 Å². The number of amides is 1. The van der Waals surface area contributed by atoms with Crippen LogP contribution in [0.5, 0.6) is 0 Å². The quantitative estimate of drug-likeness (QED) is 0.550. The predicted octanol–water partition coefficient (Wildman–Crippen LogP) is 0.0104. The minimum absolute atomic E-state index is 0.275. The lowest BCUT2D eigenvalue weighted by Crippen LogP contribution is -2.21. The molecule has 0 bridgehead atoms. The number of carbonyl (C=O) groups is 1. The van der Waals surface area contributed by atoms with Crippen molar-refractivity contribution >= 4 is 16.2 Å². The van der Waals surface area contributed by atoms with Crippen LogP contribution in [-0.4, -0.2) is 38.5 Å². The summed E-state index contributed by atoms with van der Waals surface area (Å²) in [5.41, 5.74) is 0. The Labute approximate surface area is 77.0 Å². The van der Waals surface area contributed by atoms with Crippen molar-refractivity contribution in [3.63, 3.8) is 0 Å². The topological polar surface area (TPSA) is 92.7 Å². The van der Waals surface area contributed by atoms with Crippen molar-refractivity contribution < 1.29 is 22.5 Å². The maximum Gasteiger partial charge on any atom is 0.407 e. The Balaban J connectivity index is 0.000000252. The number of carbonyl (C=O) groups excluding carboxylic acids is 1. The van der Waals surface area contributed by atoms with Crippen LogP contribution in [0, 0.1) is 0 Å². The summed E-state index contributed by atoms with van der Waals surface area (Å²) in [6, 6.07) is 0. The third kappa shape index (κ3) is 14.1. The van der Waals surface area contributed by atoms with Gasteiger partial charge in [0.2, 0.25) is 0 Å². The van der Waals surface area contributed by atoms with E-state index in [0.29, 0.717) is 12.9 Å². The van der Waals surface area contributed by atoms with Gasteiger partial charge in [0.15, 0.2) is 0 Å². The van der Waals surface area contributed by atoms with Gasteiger partial charge in [0.25, 0.3) is 10.1 Å². The molecule has 0 unspecified atom stereocenters. The summed E-state index contributed by atoms with van der Waals surface area (Å²) >= 11 is 0. The first-order valence-electron chi connectivity index (χ1n) is 3.72. The second kappa shape index (κ2) is 5.76. The Morgan fingerprint density at radius 1 is 1.46 bits per heavy atom. The highest BCUT2D eigenvalue weighted by molar-refractivity contribution is 7.85. The predicted molar refractivity (Wildman–Crippen MR) is 46.1 cm³/mol. The van der Waals surface area contributed by atoms with Gasteiger partial charge in [0, 0.05) is 6.54 Å². The summed E-state index contributed by atoms with van der Waals surface area (Å²) in [6.45, 7) is 1.34. The second-order valence-corrected chi connectivity index (χ2v) is 3.97. The van der Waals surface area contributed by atoms with Gasteiger partial charge in [0.05, 0.1) is 12.9 Å². The molecule has 2 N–H and O–H groups in total. The first-order chi connectivity index (χ1) is 5.89. The van der Waals surface area contributed by atoms with E-state index in [-0.39, 0.29) is 6.09 Å². The van der Waals surface area contributed by atoms with E-state index in [0.717, 1.165) is 19.4 Å². The van der Waals surface area contributed by atoms with Gasteiger partial charge in [-0.3, -0.25) is 4.55 Å². The summed E-state index contributed by atoms with van der Waals surface area (Å²) in [4.78, 5) is 10.3. The van der Waals surface area contributed by atoms with Gasteiger partial charge in [0.1, 0.15) is 0 Å². The SMILES string of the molecule is CS(=O)(=O)O.O=C1NCCCCO1. The summed E-state index contributed by atoms with van der Waals surface area (Å²) in [5.74, 6) is 0. The van der Waals surface area contributed by atoms with E-state index in [1.807, 2.05) is 0 Å². The van der Waals surface area contributed by atoms with Crippen LogP contribution in [0.1, 0.15) is 12.8 Å². The molecule has 0 aliphatic carbocycles. The molecule has 1 rings (SSSR count). The number of rotatable bonds is 0. The standard InChI is InChI=1S/C5H9NO2.CH4O3S/c7-5-6-3-1-2-4-8-5;1-5(2,3)4/h1-4H2,(H,6,7);1H3,(H,2,3,4). The maximum atomic E-state index is 10.3. The molecule has 0 spiro atoms. The molecule has 7 heteroatoms. The number of hydrogen-bond acceptors (Lipinski definition) is 4. The number of hydrogen-bond donors (Lipinski definition) is 2. The van der Waals surface area contributed by atoms with E-state index in [1.165, 1.54) is 0 Å². The zero-order chi connectivity index (χ0) is 10.3. The van der Waals surface area contributed by atoms with E-state index in [2.05, 4.69) is 10.1 Å². The highest BCUT2D eigenvalue weighted by atomic mass is 32.2. The molecule has 1 amide bonds. The molecular weight excluding hydrogens is 198 g/mol. The van der Waals surface area contributed by atoms with Crippen LogP contribution in [0.4, 0.5) is 4.79 Å². The first kappa shape index (κ1) is 12.2. The van der Waals surface area contributed by atoms with Gasteiger partial charge >= 0.3 is 6.09 Å². The van der Waals surface area contributed by atoms with Gasteiger partial charge in [-0.15, -0.1) is 0 Å². The fraction of sp³-hybridized carbons (Fsp3) is 0.833. The molecule has 0 aromatic carbocycles. The molecule has 1 heterocycles. The van der Waals surface area contributed by atoms with Gasteiger partial charge in [-0.25, -0.2) is 4.79 Å². The van der Waals surface area contributed by atoms with Crippen LogP contribution < -0.4 is 5.32 Å². The Bertz CT molecular complexity index is 230. The molecule has 1 aliphatic heterocycles. The van der Waals surface area contributed by atoms with Crippen molar-refractivity contribution in [2.75, 3.05) is 19.4 Å². The van der Waals surface area contributed by atoms with Crippen LogP contribution in [0.25, 0.3) is 0 Å². The molecule has 0 atom stereocenters. The van der Waals surface area contributed by atoms with Gasteiger partial charge in [-0.1, -0.05) is 0 Å². The van der Waals surface area contributed by atoms with Gasteiger partial charge < -0.3 is 10.1 Å². The molecule has 0 radical (unpaired) electrons. The summed E-state index contributed by atoms with van der Waals surface area (Å²) in [6.07, 6.45) is 2.46. The third-order valence-corrected chi connectivity index (χ3v) is 1.07. The zero-order valence-electron chi connectivity index (χ0n) is 7.32. The first-order valence-corrected chi connectivity index (χ1v) is 5.57. The Morgan fingerprint density at radius 3 is 2.54 bits per heavy atom. The summed E-state index contributed by atoms with van der Waals surface area (Å²) in [5, 5.41) is 2.58. The molecule has 78 valence electrons. The average Bonchev–Trinajstić information content (AvgIpc) is 2.12. The lowest BCUT2D eigenvalue weighted by Gasteiger charge is -1.95. The highest BCUT2D eigenvalue weighted by Gasteiger charge is 2.03. The minimum Gasteiger partial charge on any atom is -0.450 e. The number of nitrogens with one attached hydrogen (secondary N) is 1.